The standard InChI is InChI=1S/C14H13Cl2N3O4/c1-23-12(20)8-11(13(15)17)14(16)18-7-6-9-2-4-10(5-3-9)19(21)22/h2-5,7,17H,6,8H2,1H3/b14-11-,17-13?,18-7+. The average molecular weight is 358 g/mol. The largest absolute Gasteiger partial charge is 0.469 e. The van der Waals surface area contributed by atoms with Crippen LogP contribution in [0.5, 0.6) is 0 Å². The molecule has 0 spiro atoms. The van der Waals surface area contributed by atoms with Crippen LogP contribution in [0.1, 0.15) is 12.0 Å². The van der Waals surface area contributed by atoms with Crippen LogP contribution in [0.2, 0.25) is 0 Å². The Morgan fingerprint density at radius 1 is 1.39 bits per heavy atom. The summed E-state index contributed by atoms with van der Waals surface area (Å²) in [6.07, 6.45) is 1.57. The molecule has 0 aliphatic heterocycles. The van der Waals surface area contributed by atoms with E-state index in [1.807, 2.05) is 0 Å². The number of methoxy groups -OCH3 is 1. The van der Waals surface area contributed by atoms with Gasteiger partial charge in [-0.05, 0) is 5.56 Å². The number of carbonyl (C=O) groups is 1. The van der Waals surface area contributed by atoms with E-state index in [9.17, 15) is 14.9 Å². The second-order valence-corrected chi connectivity index (χ2v) is 5.01. The van der Waals surface area contributed by atoms with Crippen LogP contribution in [-0.4, -0.2) is 29.4 Å². The van der Waals surface area contributed by atoms with E-state index in [-0.39, 0.29) is 22.8 Å². The van der Waals surface area contributed by atoms with Gasteiger partial charge in [-0.3, -0.25) is 20.3 Å². The van der Waals surface area contributed by atoms with Crippen molar-refractivity contribution in [2.45, 2.75) is 12.8 Å². The molecule has 1 aromatic rings. The smallest absolute Gasteiger partial charge is 0.310 e. The zero-order valence-electron chi connectivity index (χ0n) is 12.1. The minimum absolute atomic E-state index is 0.000399. The Bertz CT molecular complexity index is 669. The van der Waals surface area contributed by atoms with Crippen LogP contribution < -0.4 is 0 Å². The van der Waals surface area contributed by atoms with Gasteiger partial charge in [0.15, 0.2) is 0 Å². The first kappa shape index (κ1) is 18.8. The normalized spacial score (nSPS) is 12.0. The van der Waals surface area contributed by atoms with Gasteiger partial charge < -0.3 is 4.74 Å². The van der Waals surface area contributed by atoms with Gasteiger partial charge in [-0.25, -0.2) is 4.99 Å². The second-order valence-electron chi connectivity index (χ2n) is 4.28. The summed E-state index contributed by atoms with van der Waals surface area (Å²) in [6, 6.07) is 5.97. The molecule has 0 radical (unpaired) electrons. The number of hydrogen-bond donors (Lipinski definition) is 1. The number of non-ortho nitro benzene ring substituents is 1. The van der Waals surface area contributed by atoms with Gasteiger partial charge in [0, 0.05) is 30.3 Å². The van der Waals surface area contributed by atoms with Crippen LogP contribution in [0.15, 0.2) is 40.0 Å². The number of nitro groups is 1. The zero-order chi connectivity index (χ0) is 17.4. The number of aliphatic imine (C=N–C) groups is 1. The molecule has 0 atom stereocenters. The van der Waals surface area contributed by atoms with Crippen LogP contribution in [-0.2, 0) is 16.0 Å². The minimum Gasteiger partial charge on any atom is -0.469 e. The lowest BCUT2D eigenvalue weighted by Gasteiger charge is -2.04. The number of carbonyl (C=O) groups excluding carboxylic acids is 1. The predicted octanol–water partition coefficient (Wildman–Crippen LogP) is 3.44. The maximum atomic E-state index is 11.2. The summed E-state index contributed by atoms with van der Waals surface area (Å²) in [5.74, 6) is -0.589. The van der Waals surface area contributed by atoms with Gasteiger partial charge in [0.05, 0.1) is 18.5 Å². The maximum absolute atomic E-state index is 11.2. The first-order valence-corrected chi connectivity index (χ1v) is 7.06. The third-order valence-electron chi connectivity index (χ3n) is 2.74. The summed E-state index contributed by atoms with van der Waals surface area (Å²) >= 11 is 11.5. The highest BCUT2D eigenvalue weighted by atomic mass is 35.5. The van der Waals surface area contributed by atoms with E-state index in [4.69, 9.17) is 28.6 Å². The van der Waals surface area contributed by atoms with Crippen molar-refractivity contribution in [3.05, 3.63) is 50.7 Å². The van der Waals surface area contributed by atoms with Crippen LogP contribution in [0, 0.1) is 15.5 Å². The SMILES string of the molecule is COC(=O)C/C(C(=N)Cl)=C(Cl)/N=C/Cc1ccc([N+](=O)[O-])cc1. The summed E-state index contributed by atoms with van der Waals surface area (Å²) < 4.78 is 4.49. The molecule has 0 amide bonds. The monoisotopic (exact) mass is 357 g/mol. The van der Waals surface area contributed by atoms with Gasteiger partial charge in [-0.1, -0.05) is 35.3 Å². The highest BCUT2D eigenvalue weighted by Gasteiger charge is 2.14. The van der Waals surface area contributed by atoms with Crippen molar-refractivity contribution in [2.75, 3.05) is 7.11 Å². The van der Waals surface area contributed by atoms with E-state index >= 15 is 0 Å². The number of nitrogens with zero attached hydrogens (tertiary/aromatic N) is 2. The van der Waals surface area contributed by atoms with Gasteiger partial charge >= 0.3 is 5.97 Å². The molecule has 0 heterocycles. The molecule has 7 nitrogen and oxygen atoms in total. The van der Waals surface area contributed by atoms with Crippen molar-refractivity contribution in [2.24, 2.45) is 4.99 Å². The topological polar surface area (TPSA) is 106 Å². The summed E-state index contributed by atoms with van der Waals surface area (Å²) in [6.45, 7) is 0. The molecule has 0 saturated carbocycles. The van der Waals surface area contributed by atoms with Crippen molar-refractivity contribution in [3.8, 4) is 0 Å². The van der Waals surface area contributed by atoms with E-state index in [0.717, 1.165) is 5.56 Å². The third kappa shape index (κ3) is 6.17. The number of ether oxygens (including phenoxy) is 1. The summed E-state index contributed by atoms with van der Waals surface area (Å²) in [5.41, 5.74) is 0.846. The molecule has 23 heavy (non-hydrogen) atoms. The molecule has 0 bridgehead atoms. The lowest BCUT2D eigenvalue weighted by molar-refractivity contribution is -0.384. The van der Waals surface area contributed by atoms with Crippen LogP contribution >= 0.6 is 23.2 Å². The molecule has 1 aromatic carbocycles. The fraction of sp³-hybridized carbons (Fsp3) is 0.214. The van der Waals surface area contributed by atoms with E-state index < -0.39 is 16.1 Å². The molecule has 0 aliphatic rings. The number of nitro benzene ring substituents is 1. The van der Waals surface area contributed by atoms with Crippen molar-refractivity contribution in [3.63, 3.8) is 0 Å². The Balaban J connectivity index is 2.80. The van der Waals surface area contributed by atoms with Gasteiger partial charge in [0.25, 0.3) is 5.69 Å². The molecule has 1 N–H and O–H groups in total. The number of hydrogen-bond acceptors (Lipinski definition) is 6. The van der Waals surface area contributed by atoms with Crippen molar-refractivity contribution >= 4 is 46.2 Å². The molecule has 122 valence electrons. The zero-order valence-corrected chi connectivity index (χ0v) is 13.6. The van der Waals surface area contributed by atoms with Crippen LogP contribution in [0.3, 0.4) is 0 Å². The Kier molecular flexibility index (Phi) is 7.37. The number of rotatable bonds is 7. The Hall–Kier alpha value is -2.25. The summed E-state index contributed by atoms with van der Waals surface area (Å²) in [7, 11) is 1.21. The summed E-state index contributed by atoms with van der Waals surface area (Å²) in [5, 5.41) is 17.5. The molecule has 0 unspecified atom stereocenters. The van der Waals surface area contributed by atoms with E-state index in [1.54, 1.807) is 12.1 Å². The van der Waals surface area contributed by atoms with Gasteiger partial charge in [-0.2, -0.15) is 0 Å². The fourth-order valence-corrected chi connectivity index (χ4v) is 1.96. The number of halogens is 2. The number of nitrogens with one attached hydrogen (secondary N) is 1. The second kappa shape index (κ2) is 9.02. The molecule has 0 saturated heterocycles. The van der Waals surface area contributed by atoms with Crippen molar-refractivity contribution in [1.29, 1.82) is 5.41 Å². The van der Waals surface area contributed by atoms with E-state index in [1.165, 1.54) is 25.5 Å². The Morgan fingerprint density at radius 3 is 2.48 bits per heavy atom. The first-order chi connectivity index (χ1) is 10.8. The summed E-state index contributed by atoms with van der Waals surface area (Å²) in [4.78, 5) is 25.2. The quantitative estimate of drug-likeness (QED) is 0.265. The van der Waals surface area contributed by atoms with E-state index in [2.05, 4.69) is 9.73 Å². The third-order valence-corrected chi connectivity index (χ3v) is 3.30. The molecular formula is C14H13Cl2N3O4. The van der Waals surface area contributed by atoms with Crippen LogP contribution in [0.25, 0.3) is 0 Å². The molecule has 0 aromatic heterocycles. The first-order valence-electron chi connectivity index (χ1n) is 6.31. The van der Waals surface area contributed by atoms with Crippen molar-refractivity contribution < 1.29 is 14.5 Å². The van der Waals surface area contributed by atoms with Crippen LogP contribution in [0.4, 0.5) is 5.69 Å². The lowest BCUT2D eigenvalue weighted by Crippen LogP contribution is -2.06. The Morgan fingerprint density at radius 2 is 2.00 bits per heavy atom. The molecule has 0 fully saturated rings. The molecule has 9 heteroatoms. The van der Waals surface area contributed by atoms with Crippen molar-refractivity contribution in [1.82, 2.24) is 0 Å². The van der Waals surface area contributed by atoms with E-state index in [0.29, 0.717) is 6.42 Å². The lowest BCUT2D eigenvalue weighted by atomic mass is 10.1. The molecular weight excluding hydrogens is 345 g/mol. The highest BCUT2D eigenvalue weighted by Crippen LogP contribution is 2.18. The highest BCUT2D eigenvalue weighted by molar-refractivity contribution is 6.69. The molecule has 0 aliphatic carbocycles. The minimum atomic E-state index is -0.589. The number of esters is 1. The Labute approximate surface area is 142 Å². The molecule has 1 rings (SSSR count). The average Bonchev–Trinajstić information content (AvgIpc) is 2.52. The number of benzene rings is 1. The van der Waals surface area contributed by atoms with Gasteiger partial charge in [-0.15, -0.1) is 0 Å². The fourth-order valence-electron chi connectivity index (χ4n) is 1.52. The van der Waals surface area contributed by atoms with Gasteiger partial charge in [0.1, 0.15) is 10.3 Å². The predicted molar refractivity (Wildman–Crippen MR) is 88.4 cm³/mol. The van der Waals surface area contributed by atoms with Gasteiger partial charge in [0.2, 0.25) is 0 Å². The maximum Gasteiger partial charge on any atom is 0.310 e.